The minimum absolute atomic E-state index is 0.0666. The van der Waals surface area contributed by atoms with Crippen LogP contribution in [0.1, 0.15) is 15.4 Å². The summed E-state index contributed by atoms with van der Waals surface area (Å²) < 4.78 is 1.01. The molecule has 5 nitrogen and oxygen atoms in total. The highest BCUT2D eigenvalue weighted by Gasteiger charge is 2.12. The lowest BCUT2D eigenvalue weighted by Crippen LogP contribution is -2.09. The van der Waals surface area contributed by atoms with Crippen molar-refractivity contribution in [3.8, 4) is 0 Å². The lowest BCUT2D eigenvalue weighted by atomic mass is 10.4. The molecule has 0 atom stereocenters. The number of nitrogens with one attached hydrogen (secondary N) is 1. The van der Waals surface area contributed by atoms with Crippen LogP contribution in [0.15, 0.2) is 28.3 Å². The summed E-state index contributed by atoms with van der Waals surface area (Å²) in [5.41, 5.74) is -0.0666. The van der Waals surface area contributed by atoms with Crippen molar-refractivity contribution in [3.05, 3.63) is 38.9 Å². The Morgan fingerprint density at radius 1 is 1.47 bits per heavy atom. The van der Waals surface area contributed by atoms with Crippen LogP contribution >= 0.6 is 27.3 Å². The van der Waals surface area contributed by atoms with Gasteiger partial charge in [-0.15, -0.1) is 11.3 Å². The van der Waals surface area contributed by atoms with Gasteiger partial charge < -0.3 is 10.4 Å². The van der Waals surface area contributed by atoms with Gasteiger partial charge in [-0.05, 0) is 22.0 Å². The quantitative estimate of drug-likeness (QED) is 0.907. The average Bonchev–Trinajstić information content (AvgIpc) is 2.73. The van der Waals surface area contributed by atoms with Crippen LogP contribution in [-0.4, -0.2) is 21.0 Å². The monoisotopic (exact) mass is 313 g/mol. The first-order chi connectivity index (χ1) is 8.16. The summed E-state index contributed by atoms with van der Waals surface area (Å²) in [6.07, 6.45) is 2.81. The maximum atomic E-state index is 10.9. The Bertz CT molecular complexity index is 544. The van der Waals surface area contributed by atoms with Crippen molar-refractivity contribution in [2.24, 2.45) is 0 Å². The highest BCUT2D eigenvalue weighted by atomic mass is 79.9. The van der Waals surface area contributed by atoms with Crippen molar-refractivity contribution < 1.29 is 9.90 Å². The minimum atomic E-state index is -1.09. The third kappa shape index (κ3) is 3.01. The van der Waals surface area contributed by atoms with Gasteiger partial charge in [0.1, 0.15) is 0 Å². The molecule has 0 saturated carbocycles. The SMILES string of the molecule is O=C(O)c1nccnc1NCc1cc(Br)cs1. The zero-order valence-electron chi connectivity index (χ0n) is 8.55. The summed E-state index contributed by atoms with van der Waals surface area (Å²) >= 11 is 4.93. The third-order valence-electron chi connectivity index (χ3n) is 1.95. The second kappa shape index (κ2) is 5.24. The molecule has 2 N–H and O–H groups in total. The van der Waals surface area contributed by atoms with Crippen molar-refractivity contribution in [1.82, 2.24) is 9.97 Å². The molecule has 0 aromatic carbocycles. The van der Waals surface area contributed by atoms with Gasteiger partial charge in [-0.2, -0.15) is 0 Å². The Morgan fingerprint density at radius 3 is 2.88 bits per heavy atom. The average molecular weight is 314 g/mol. The number of carbonyl (C=O) groups is 1. The Labute approximate surface area is 110 Å². The highest BCUT2D eigenvalue weighted by Crippen LogP contribution is 2.20. The molecule has 0 radical (unpaired) electrons. The molecule has 0 bridgehead atoms. The van der Waals surface area contributed by atoms with Crippen LogP contribution in [0.5, 0.6) is 0 Å². The van der Waals surface area contributed by atoms with Gasteiger partial charge in [-0.3, -0.25) is 0 Å². The summed E-state index contributed by atoms with van der Waals surface area (Å²) in [6, 6.07) is 1.97. The van der Waals surface area contributed by atoms with Gasteiger partial charge in [0.05, 0.1) is 6.54 Å². The number of hydrogen-bond donors (Lipinski definition) is 2. The van der Waals surface area contributed by atoms with E-state index in [0.717, 1.165) is 9.35 Å². The number of rotatable bonds is 4. The molecular weight excluding hydrogens is 306 g/mol. The summed E-state index contributed by atoms with van der Waals surface area (Å²) in [5.74, 6) is -0.808. The molecule has 0 saturated heterocycles. The Morgan fingerprint density at radius 2 is 2.24 bits per heavy atom. The number of carboxylic acids is 1. The summed E-state index contributed by atoms with van der Waals surface area (Å²) in [5, 5.41) is 13.8. The molecule has 2 heterocycles. The Balaban J connectivity index is 2.11. The van der Waals surface area contributed by atoms with E-state index in [1.165, 1.54) is 12.4 Å². The molecule has 2 rings (SSSR count). The Hall–Kier alpha value is -1.47. The fraction of sp³-hybridized carbons (Fsp3) is 0.100. The van der Waals surface area contributed by atoms with E-state index in [1.54, 1.807) is 11.3 Å². The van der Waals surface area contributed by atoms with E-state index >= 15 is 0 Å². The van der Waals surface area contributed by atoms with Crippen molar-refractivity contribution in [1.29, 1.82) is 0 Å². The second-order valence-corrected chi connectivity index (χ2v) is 5.05. The van der Waals surface area contributed by atoms with Crippen LogP contribution in [0.2, 0.25) is 0 Å². The number of halogens is 1. The van der Waals surface area contributed by atoms with Gasteiger partial charge in [-0.1, -0.05) is 0 Å². The van der Waals surface area contributed by atoms with Gasteiger partial charge >= 0.3 is 5.97 Å². The molecule has 0 aliphatic heterocycles. The molecule has 17 heavy (non-hydrogen) atoms. The van der Waals surface area contributed by atoms with Crippen molar-refractivity contribution in [2.45, 2.75) is 6.54 Å². The number of thiophene rings is 1. The number of carboxylic acid groups (broad SMARTS) is 1. The molecule has 88 valence electrons. The Kier molecular flexibility index (Phi) is 3.70. The highest BCUT2D eigenvalue weighted by molar-refractivity contribution is 9.10. The summed E-state index contributed by atoms with van der Waals surface area (Å²) in [4.78, 5) is 19.7. The third-order valence-corrected chi connectivity index (χ3v) is 3.65. The molecule has 0 fully saturated rings. The van der Waals surface area contributed by atoms with E-state index in [-0.39, 0.29) is 11.5 Å². The molecular formula is C10H8BrN3O2S. The zero-order chi connectivity index (χ0) is 12.3. The maximum Gasteiger partial charge on any atom is 0.358 e. The van der Waals surface area contributed by atoms with Crippen LogP contribution in [-0.2, 0) is 6.54 Å². The minimum Gasteiger partial charge on any atom is -0.476 e. The van der Waals surface area contributed by atoms with E-state index in [2.05, 4.69) is 31.2 Å². The lowest BCUT2D eigenvalue weighted by Gasteiger charge is -2.05. The summed E-state index contributed by atoms with van der Waals surface area (Å²) in [7, 11) is 0. The number of hydrogen-bond acceptors (Lipinski definition) is 5. The number of nitrogens with zero attached hydrogens (tertiary/aromatic N) is 2. The van der Waals surface area contributed by atoms with Gasteiger partial charge in [0, 0.05) is 27.1 Å². The van der Waals surface area contributed by atoms with E-state index in [4.69, 9.17) is 5.11 Å². The van der Waals surface area contributed by atoms with Crippen molar-refractivity contribution >= 4 is 39.1 Å². The van der Waals surface area contributed by atoms with E-state index in [1.807, 2.05) is 11.4 Å². The van der Waals surface area contributed by atoms with Gasteiger partial charge in [0.15, 0.2) is 11.5 Å². The molecule has 0 amide bonds. The van der Waals surface area contributed by atoms with Crippen LogP contribution in [0.4, 0.5) is 5.82 Å². The van der Waals surface area contributed by atoms with Gasteiger partial charge in [0.25, 0.3) is 0 Å². The molecule has 0 unspecified atom stereocenters. The maximum absolute atomic E-state index is 10.9. The van der Waals surface area contributed by atoms with Crippen LogP contribution in [0, 0.1) is 0 Å². The first kappa shape index (κ1) is 12.0. The predicted molar refractivity (Wildman–Crippen MR) is 68.3 cm³/mol. The largest absolute Gasteiger partial charge is 0.476 e. The first-order valence-corrected chi connectivity index (χ1v) is 6.35. The lowest BCUT2D eigenvalue weighted by molar-refractivity contribution is 0.0691. The van der Waals surface area contributed by atoms with Gasteiger partial charge in [0.2, 0.25) is 0 Å². The summed E-state index contributed by atoms with van der Waals surface area (Å²) in [6.45, 7) is 0.523. The van der Waals surface area contributed by atoms with E-state index in [0.29, 0.717) is 6.54 Å². The number of aromatic carboxylic acids is 1. The van der Waals surface area contributed by atoms with E-state index in [9.17, 15) is 4.79 Å². The number of aromatic nitrogens is 2. The standard InChI is InChI=1S/C10H8BrN3O2S/c11-6-3-7(17-5-6)4-14-9-8(10(15)16)12-1-2-13-9/h1-3,5H,4H2,(H,13,14)(H,15,16). The van der Waals surface area contributed by atoms with Crippen LogP contribution in [0.25, 0.3) is 0 Å². The second-order valence-electron chi connectivity index (χ2n) is 3.14. The normalized spacial score (nSPS) is 10.2. The van der Waals surface area contributed by atoms with Gasteiger partial charge in [-0.25, -0.2) is 14.8 Å². The van der Waals surface area contributed by atoms with Crippen molar-refractivity contribution in [2.75, 3.05) is 5.32 Å². The molecule has 0 spiro atoms. The number of anilines is 1. The fourth-order valence-corrected chi connectivity index (χ4v) is 2.63. The molecule has 7 heteroatoms. The molecule has 2 aromatic rings. The van der Waals surface area contributed by atoms with Crippen LogP contribution < -0.4 is 5.32 Å². The zero-order valence-corrected chi connectivity index (χ0v) is 11.0. The van der Waals surface area contributed by atoms with E-state index < -0.39 is 5.97 Å². The topological polar surface area (TPSA) is 75.1 Å². The predicted octanol–water partition coefficient (Wildman–Crippen LogP) is 2.61. The molecule has 0 aliphatic rings. The first-order valence-electron chi connectivity index (χ1n) is 4.68. The van der Waals surface area contributed by atoms with Crippen molar-refractivity contribution in [3.63, 3.8) is 0 Å². The fourth-order valence-electron chi connectivity index (χ4n) is 1.24. The smallest absolute Gasteiger partial charge is 0.358 e. The molecule has 0 aliphatic carbocycles. The van der Waals surface area contributed by atoms with Crippen LogP contribution in [0.3, 0.4) is 0 Å². The molecule has 2 aromatic heterocycles.